The second-order valence-electron chi connectivity index (χ2n) is 5.65. The molecule has 0 radical (unpaired) electrons. The van der Waals surface area contributed by atoms with Crippen LogP contribution in [0.1, 0.15) is 13.8 Å². The Bertz CT molecular complexity index is 491. The first-order chi connectivity index (χ1) is 14.8. The molecule has 0 aliphatic heterocycles. The van der Waals surface area contributed by atoms with Crippen molar-refractivity contribution in [3.63, 3.8) is 0 Å². The lowest BCUT2D eigenvalue weighted by Gasteiger charge is -2.13. The zero-order chi connectivity index (χ0) is 23.5. The number of methoxy groups -OCH3 is 2. The van der Waals surface area contributed by atoms with Crippen LogP contribution < -0.4 is 0 Å². The number of esters is 2. The Kier molecular flexibility index (Phi) is 16.6. The normalized spacial score (nSPS) is 12.3. The third-order valence-electron chi connectivity index (χ3n) is 3.17. The summed E-state index contributed by atoms with van der Waals surface area (Å²) in [6, 6.07) is 0. The maximum Gasteiger partial charge on any atom is 0.509 e. The highest BCUT2D eigenvalue weighted by Crippen LogP contribution is 1.99. The van der Waals surface area contributed by atoms with Crippen molar-refractivity contribution >= 4 is 24.2 Å². The van der Waals surface area contributed by atoms with Crippen molar-refractivity contribution in [2.24, 2.45) is 0 Å². The highest BCUT2D eigenvalue weighted by atomic mass is 16.7. The molecule has 0 aromatic carbocycles. The van der Waals surface area contributed by atoms with Gasteiger partial charge in [0, 0.05) is 14.2 Å². The fourth-order valence-electron chi connectivity index (χ4n) is 1.61. The Morgan fingerprint density at radius 1 is 0.548 bits per heavy atom. The SMILES string of the molecule is COCCOC(=O)C(C)OC(=O)OCCOCCOC(=O)OC(C)C(=O)OCCOC. The number of carbonyl (C=O) groups is 4. The highest BCUT2D eigenvalue weighted by molar-refractivity contribution is 5.77. The van der Waals surface area contributed by atoms with Gasteiger partial charge < -0.3 is 42.6 Å². The molecule has 0 aromatic rings. The van der Waals surface area contributed by atoms with Gasteiger partial charge in [0.2, 0.25) is 0 Å². The molecule has 0 spiro atoms. The van der Waals surface area contributed by atoms with Gasteiger partial charge in [-0.1, -0.05) is 0 Å². The van der Waals surface area contributed by atoms with Gasteiger partial charge in [-0.15, -0.1) is 0 Å². The molecule has 0 N–H and O–H groups in total. The number of hydrogen-bond donors (Lipinski definition) is 0. The van der Waals surface area contributed by atoms with Crippen LogP contribution in [0.15, 0.2) is 0 Å². The van der Waals surface area contributed by atoms with Crippen molar-refractivity contribution in [1.29, 1.82) is 0 Å². The lowest BCUT2D eigenvalue weighted by atomic mass is 10.4. The van der Waals surface area contributed by atoms with Gasteiger partial charge in [-0.3, -0.25) is 0 Å². The molecule has 0 aliphatic carbocycles. The average molecular weight is 454 g/mol. The molecule has 0 rings (SSSR count). The summed E-state index contributed by atoms with van der Waals surface area (Å²) >= 11 is 0. The maximum absolute atomic E-state index is 11.5. The van der Waals surface area contributed by atoms with Crippen LogP contribution in [0.3, 0.4) is 0 Å². The first kappa shape index (κ1) is 28.4. The van der Waals surface area contributed by atoms with Crippen molar-refractivity contribution in [1.82, 2.24) is 0 Å². The van der Waals surface area contributed by atoms with Crippen LogP contribution in [0.4, 0.5) is 9.59 Å². The van der Waals surface area contributed by atoms with Gasteiger partial charge >= 0.3 is 24.2 Å². The summed E-state index contributed by atoms with van der Waals surface area (Å²) in [6.07, 6.45) is -4.40. The summed E-state index contributed by atoms with van der Waals surface area (Å²) in [7, 11) is 2.91. The molecule has 0 fully saturated rings. The monoisotopic (exact) mass is 454 g/mol. The van der Waals surface area contributed by atoms with Gasteiger partial charge in [-0.05, 0) is 13.8 Å². The molecule has 2 unspecified atom stereocenters. The van der Waals surface area contributed by atoms with E-state index in [1.807, 2.05) is 0 Å². The second-order valence-corrected chi connectivity index (χ2v) is 5.65. The van der Waals surface area contributed by atoms with E-state index in [1.54, 1.807) is 0 Å². The summed E-state index contributed by atoms with van der Waals surface area (Å²) in [5.74, 6) is -1.46. The van der Waals surface area contributed by atoms with Crippen LogP contribution >= 0.6 is 0 Å². The van der Waals surface area contributed by atoms with E-state index >= 15 is 0 Å². The molecule has 0 aliphatic rings. The summed E-state index contributed by atoms with van der Waals surface area (Å²) < 4.78 is 43.0. The summed E-state index contributed by atoms with van der Waals surface area (Å²) in [5, 5.41) is 0. The number of hydrogen-bond acceptors (Lipinski definition) is 13. The lowest BCUT2D eigenvalue weighted by molar-refractivity contribution is -0.155. The predicted molar refractivity (Wildman–Crippen MR) is 100 cm³/mol. The number of ether oxygens (including phenoxy) is 9. The average Bonchev–Trinajstić information content (AvgIpc) is 2.73. The molecule has 13 nitrogen and oxygen atoms in total. The molecule has 31 heavy (non-hydrogen) atoms. The van der Waals surface area contributed by atoms with Crippen molar-refractivity contribution < 1.29 is 61.8 Å². The summed E-state index contributed by atoms with van der Waals surface area (Å²) in [4.78, 5) is 45.9. The fraction of sp³-hybridized carbons (Fsp3) is 0.778. The first-order valence-electron chi connectivity index (χ1n) is 9.37. The highest BCUT2D eigenvalue weighted by Gasteiger charge is 2.21. The Morgan fingerprint density at radius 3 is 1.26 bits per heavy atom. The van der Waals surface area contributed by atoms with Gasteiger partial charge in [0.15, 0.2) is 12.2 Å². The summed E-state index contributed by atoms with van der Waals surface area (Å²) in [5.41, 5.74) is 0. The fourth-order valence-corrected chi connectivity index (χ4v) is 1.61. The lowest BCUT2D eigenvalue weighted by Crippen LogP contribution is -2.28. The molecule has 0 aromatic heterocycles. The Balaban J connectivity index is 3.73. The minimum absolute atomic E-state index is 0.0115. The van der Waals surface area contributed by atoms with Crippen LogP contribution in [-0.2, 0) is 52.2 Å². The van der Waals surface area contributed by atoms with Gasteiger partial charge in [0.25, 0.3) is 0 Å². The minimum Gasteiger partial charge on any atom is -0.461 e. The molecule has 2 atom stereocenters. The molecule has 180 valence electrons. The van der Waals surface area contributed by atoms with E-state index in [0.29, 0.717) is 0 Å². The molecular weight excluding hydrogens is 424 g/mol. The van der Waals surface area contributed by atoms with E-state index in [1.165, 1.54) is 28.1 Å². The van der Waals surface area contributed by atoms with Crippen LogP contribution in [0.5, 0.6) is 0 Å². The van der Waals surface area contributed by atoms with Gasteiger partial charge in [-0.25, -0.2) is 19.2 Å². The molecule has 0 saturated heterocycles. The van der Waals surface area contributed by atoms with Crippen LogP contribution in [0.25, 0.3) is 0 Å². The smallest absolute Gasteiger partial charge is 0.461 e. The van der Waals surface area contributed by atoms with E-state index in [2.05, 4.69) is 0 Å². The zero-order valence-corrected chi connectivity index (χ0v) is 18.1. The molecular formula is C18H30O13. The number of rotatable bonds is 16. The van der Waals surface area contributed by atoms with E-state index in [-0.39, 0.29) is 52.9 Å². The standard InChI is InChI=1S/C18H30O13/c1-13(15(19)26-9-5-23-3)30-17(21)28-11-7-25-8-12-29-18(22)31-14(2)16(20)27-10-6-24-4/h13-14H,5-12H2,1-4H3. The van der Waals surface area contributed by atoms with Crippen molar-refractivity contribution in [3.8, 4) is 0 Å². The zero-order valence-electron chi connectivity index (χ0n) is 18.1. The predicted octanol–water partition coefficient (Wildman–Crippen LogP) is 0.466. The molecule has 0 heterocycles. The quantitative estimate of drug-likeness (QED) is 0.181. The second kappa shape index (κ2) is 18.2. The Morgan fingerprint density at radius 2 is 0.903 bits per heavy atom. The van der Waals surface area contributed by atoms with E-state index in [4.69, 9.17) is 42.6 Å². The van der Waals surface area contributed by atoms with Gasteiger partial charge in [-0.2, -0.15) is 0 Å². The third kappa shape index (κ3) is 15.8. The van der Waals surface area contributed by atoms with E-state index < -0.39 is 36.5 Å². The van der Waals surface area contributed by atoms with Crippen LogP contribution in [-0.4, -0.2) is 104 Å². The Labute approximate surface area is 180 Å². The largest absolute Gasteiger partial charge is 0.509 e. The minimum atomic E-state index is -1.13. The Hall–Kier alpha value is -2.64. The van der Waals surface area contributed by atoms with Crippen molar-refractivity contribution in [2.45, 2.75) is 26.1 Å². The van der Waals surface area contributed by atoms with Crippen molar-refractivity contribution in [2.75, 3.05) is 67.1 Å². The van der Waals surface area contributed by atoms with Crippen molar-refractivity contribution in [3.05, 3.63) is 0 Å². The van der Waals surface area contributed by atoms with Crippen LogP contribution in [0.2, 0.25) is 0 Å². The molecule has 13 heteroatoms. The van der Waals surface area contributed by atoms with E-state index in [0.717, 1.165) is 0 Å². The summed E-state index contributed by atoms with van der Waals surface area (Å²) in [6.45, 7) is 2.87. The van der Waals surface area contributed by atoms with Crippen LogP contribution in [0, 0.1) is 0 Å². The molecule has 0 amide bonds. The van der Waals surface area contributed by atoms with E-state index in [9.17, 15) is 19.2 Å². The molecule has 0 bridgehead atoms. The molecule has 0 saturated carbocycles. The topological polar surface area (TPSA) is 151 Å². The third-order valence-corrected chi connectivity index (χ3v) is 3.17. The maximum atomic E-state index is 11.5. The number of carbonyl (C=O) groups excluding carboxylic acids is 4. The van der Waals surface area contributed by atoms with Gasteiger partial charge in [0.05, 0.1) is 26.4 Å². The van der Waals surface area contributed by atoms with Gasteiger partial charge in [0.1, 0.15) is 26.4 Å². The first-order valence-corrected chi connectivity index (χ1v) is 9.37.